The van der Waals surface area contributed by atoms with Crippen molar-refractivity contribution in [3.05, 3.63) is 26.6 Å². The first-order valence-electron chi connectivity index (χ1n) is 9.31. The fourth-order valence-electron chi connectivity index (χ4n) is 3.50. The fourth-order valence-corrected chi connectivity index (χ4v) is 4.81. The lowest BCUT2D eigenvalue weighted by molar-refractivity contribution is -0.146. The van der Waals surface area contributed by atoms with Gasteiger partial charge in [0.1, 0.15) is 23.8 Å². The molecule has 0 aromatic carbocycles. The molecule has 2 heterocycles. The van der Waals surface area contributed by atoms with Crippen LogP contribution in [0.1, 0.15) is 41.9 Å². The zero-order chi connectivity index (χ0) is 20.3. The quantitative estimate of drug-likeness (QED) is 0.510. The first-order chi connectivity index (χ1) is 13.5. The van der Waals surface area contributed by atoms with Gasteiger partial charge in [0.15, 0.2) is 0 Å². The van der Waals surface area contributed by atoms with Crippen molar-refractivity contribution in [3.63, 3.8) is 0 Å². The van der Waals surface area contributed by atoms with E-state index < -0.39 is 11.9 Å². The minimum absolute atomic E-state index is 0.123. The number of carbonyl (C=O) groups is 2. The average Bonchev–Trinajstić information content (AvgIpc) is 3.03. The van der Waals surface area contributed by atoms with Gasteiger partial charge in [-0.3, -0.25) is 19.0 Å². The fraction of sp³-hybridized carbons (Fsp3) is 0.579. The zero-order valence-corrected chi connectivity index (χ0v) is 17.1. The molecule has 9 heteroatoms. The molecule has 8 nitrogen and oxygen atoms in total. The van der Waals surface area contributed by atoms with Crippen molar-refractivity contribution in [2.75, 3.05) is 26.9 Å². The topological polar surface area (TPSA) is 96.7 Å². The van der Waals surface area contributed by atoms with E-state index in [-0.39, 0.29) is 31.3 Å². The van der Waals surface area contributed by atoms with Gasteiger partial charge in [-0.05, 0) is 38.7 Å². The van der Waals surface area contributed by atoms with Crippen LogP contribution in [0.25, 0.3) is 10.2 Å². The normalized spacial score (nSPS) is 16.0. The number of hydrogen-bond acceptors (Lipinski definition) is 8. The van der Waals surface area contributed by atoms with Crippen LogP contribution >= 0.6 is 11.3 Å². The third-order valence-corrected chi connectivity index (χ3v) is 5.93. The molecule has 0 spiro atoms. The summed E-state index contributed by atoms with van der Waals surface area (Å²) in [5.74, 6) is -0.868. The monoisotopic (exact) mass is 408 g/mol. The molecule has 28 heavy (non-hydrogen) atoms. The predicted octanol–water partition coefficient (Wildman–Crippen LogP) is 1.94. The Morgan fingerprint density at radius 2 is 2.07 bits per heavy atom. The number of ether oxygens (including phenoxy) is 3. The Bertz CT molecular complexity index is 948. The van der Waals surface area contributed by atoms with Gasteiger partial charge in [0.05, 0.1) is 24.5 Å². The van der Waals surface area contributed by atoms with Gasteiger partial charge in [0.25, 0.3) is 5.56 Å². The van der Waals surface area contributed by atoms with Crippen molar-refractivity contribution in [2.45, 2.75) is 45.6 Å². The first-order valence-corrected chi connectivity index (χ1v) is 10.1. The van der Waals surface area contributed by atoms with Gasteiger partial charge in [-0.2, -0.15) is 0 Å². The van der Waals surface area contributed by atoms with Crippen molar-refractivity contribution in [3.8, 4) is 0 Å². The summed E-state index contributed by atoms with van der Waals surface area (Å²) in [6, 6.07) is 0. The highest BCUT2D eigenvalue weighted by Crippen LogP contribution is 2.41. The van der Waals surface area contributed by atoms with E-state index in [9.17, 15) is 14.4 Å². The molecule has 0 saturated heterocycles. The molecule has 0 bridgehead atoms. The lowest BCUT2D eigenvalue weighted by Gasteiger charge is -2.21. The van der Waals surface area contributed by atoms with Gasteiger partial charge < -0.3 is 14.2 Å². The van der Waals surface area contributed by atoms with E-state index in [2.05, 4.69) is 4.98 Å². The zero-order valence-electron chi connectivity index (χ0n) is 16.3. The van der Waals surface area contributed by atoms with Crippen molar-refractivity contribution in [2.24, 2.45) is 0 Å². The van der Waals surface area contributed by atoms with E-state index in [1.54, 1.807) is 13.8 Å². The molecule has 1 unspecified atom stereocenters. The summed E-state index contributed by atoms with van der Waals surface area (Å²) in [6.45, 7) is 3.92. The van der Waals surface area contributed by atoms with Gasteiger partial charge in [0, 0.05) is 12.0 Å². The van der Waals surface area contributed by atoms with E-state index >= 15 is 0 Å². The number of esters is 2. The maximum Gasteiger partial charge on any atom is 0.326 e. The lowest BCUT2D eigenvalue weighted by atomic mass is 9.86. The van der Waals surface area contributed by atoms with Crippen molar-refractivity contribution in [1.29, 1.82) is 0 Å². The van der Waals surface area contributed by atoms with E-state index in [4.69, 9.17) is 14.2 Å². The Hall–Kier alpha value is -2.26. The molecular formula is C19H24N2O6S. The molecule has 0 radical (unpaired) electrons. The van der Waals surface area contributed by atoms with Crippen LogP contribution in [0.2, 0.25) is 0 Å². The SMILES string of the molecule is CCOC(=O)C1CCCc2sc3nc(C)n(CC(=O)OCCOC)c(=O)c3c21. The number of rotatable bonds is 7. The highest BCUT2D eigenvalue weighted by Gasteiger charge is 2.33. The van der Waals surface area contributed by atoms with Crippen LogP contribution in [0.5, 0.6) is 0 Å². The number of methoxy groups -OCH3 is 1. The maximum absolute atomic E-state index is 13.2. The summed E-state index contributed by atoms with van der Waals surface area (Å²) in [5, 5.41) is 0.424. The number of aryl methyl sites for hydroxylation is 2. The van der Waals surface area contributed by atoms with Crippen molar-refractivity contribution in [1.82, 2.24) is 9.55 Å². The largest absolute Gasteiger partial charge is 0.466 e. The summed E-state index contributed by atoms with van der Waals surface area (Å²) in [6.07, 6.45) is 2.32. The Balaban J connectivity index is 2.02. The highest BCUT2D eigenvalue weighted by molar-refractivity contribution is 7.18. The summed E-state index contributed by atoms with van der Waals surface area (Å²) in [5.41, 5.74) is 0.406. The van der Waals surface area contributed by atoms with Crippen LogP contribution in [-0.4, -0.2) is 48.4 Å². The number of thiophene rings is 1. The van der Waals surface area contributed by atoms with Gasteiger partial charge in [-0.1, -0.05) is 0 Å². The summed E-state index contributed by atoms with van der Waals surface area (Å²) < 4.78 is 16.5. The molecule has 152 valence electrons. The Morgan fingerprint density at radius 1 is 1.29 bits per heavy atom. The molecule has 0 amide bonds. The Morgan fingerprint density at radius 3 is 2.79 bits per heavy atom. The lowest BCUT2D eigenvalue weighted by Crippen LogP contribution is -2.30. The highest BCUT2D eigenvalue weighted by atomic mass is 32.1. The van der Waals surface area contributed by atoms with E-state index in [1.165, 1.54) is 23.0 Å². The summed E-state index contributed by atoms with van der Waals surface area (Å²) in [4.78, 5) is 43.9. The minimum Gasteiger partial charge on any atom is -0.466 e. The van der Waals surface area contributed by atoms with Crippen LogP contribution in [0.4, 0.5) is 0 Å². The molecule has 0 fully saturated rings. The van der Waals surface area contributed by atoms with Crippen LogP contribution in [0, 0.1) is 6.92 Å². The molecule has 0 aliphatic heterocycles. The van der Waals surface area contributed by atoms with Gasteiger partial charge >= 0.3 is 11.9 Å². The third kappa shape index (κ3) is 3.95. The molecule has 0 N–H and O–H groups in total. The van der Waals surface area contributed by atoms with Gasteiger partial charge in [0.2, 0.25) is 0 Å². The second-order valence-electron chi connectivity index (χ2n) is 6.58. The van der Waals surface area contributed by atoms with Crippen LogP contribution in [0.15, 0.2) is 4.79 Å². The second kappa shape index (κ2) is 8.83. The Labute approximate surface area is 166 Å². The molecule has 1 atom stereocenters. The van der Waals surface area contributed by atoms with Crippen LogP contribution in [-0.2, 0) is 36.8 Å². The smallest absolute Gasteiger partial charge is 0.326 e. The second-order valence-corrected chi connectivity index (χ2v) is 7.66. The minimum atomic E-state index is -0.533. The van der Waals surface area contributed by atoms with Crippen molar-refractivity contribution >= 4 is 33.5 Å². The molecular weight excluding hydrogens is 384 g/mol. The number of nitrogens with zero attached hydrogens (tertiary/aromatic N) is 2. The Kier molecular flexibility index (Phi) is 6.46. The van der Waals surface area contributed by atoms with E-state index in [0.29, 0.717) is 29.1 Å². The first kappa shape index (κ1) is 20.5. The third-order valence-electron chi connectivity index (χ3n) is 4.77. The van der Waals surface area contributed by atoms with Gasteiger partial charge in [-0.25, -0.2) is 4.98 Å². The molecule has 1 aliphatic rings. The summed E-state index contributed by atoms with van der Waals surface area (Å²) >= 11 is 1.45. The van der Waals surface area contributed by atoms with E-state index in [1.807, 2.05) is 0 Å². The van der Waals surface area contributed by atoms with Gasteiger partial charge in [-0.15, -0.1) is 11.3 Å². The number of hydrogen-bond donors (Lipinski definition) is 0. The van der Waals surface area contributed by atoms with Crippen molar-refractivity contribution < 1.29 is 23.8 Å². The molecule has 2 aromatic heterocycles. The van der Waals surface area contributed by atoms with E-state index in [0.717, 1.165) is 23.3 Å². The standard InChI is InChI=1S/C19H24N2O6S/c1-4-26-19(24)12-6-5-7-13-15(12)16-17(28-13)20-11(2)21(18(16)23)10-14(22)27-9-8-25-3/h12H,4-10H2,1-3H3. The maximum atomic E-state index is 13.2. The molecule has 2 aromatic rings. The number of fused-ring (bicyclic) bond motifs is 3. The molecule has 0 saturated carbocycles. The number of aromatic nitrogens is 2. The van der Waals surface area contributed by atoms with Crippen LogP contribution < -0.4 is 5.56 Å². The average molecular weight is 408 g/mol. The van der Waals surface area contributed by atoms with Crippen LogP contribution in [0.3, 0.4) is 0 Å². The predicted molar refractivity (Wildman–Crippen MR) is 104 cm³/mol. The molecule has 1 aliphatic carbocycles. The molecule has 3 rings (SSSR count). The number of carbonyl (C=O) groups excluding carboxylic acids is 2. The summed E-state index contributed by atoms with van der Waals surface area (Å²) in [7, 11) is 1.51.